The van der Waals surface area contributed by atoms with Crippen LogP contribution in [0.5, 0.6) is 11.5 Å². The van der Waals surface area contributed by atoms with E-state index in [9.17, 15) is 9.59 Å². The van der Waals surface area contributed by atoms with E-state index in [1.807, 2.05) is 39.0 Å². The number of benzene rings is 2. The first-order valence-electron chi connectivity index (χ1n) is 10.2. The summed E-state index contributed by atoms with van der Waals surface area (Å²) in [4.78, 5) is 25.1. The van der Waals surface area contributed by atoms with Crippen LogP contribution in [0.3, 0.4) is 0 Å². The summed E-state index contributed by atoms with van der Waals surface area (Å²) >= 11 is 0. The van der Waals surface area contributed by atoms with Gasteiger partial charge in [0.25, 0.3) is 5.91 Å². The maximum absolute atomic E-state index is 12.6. The number of carbonyl (C=O) groups excluding carboxylic acids is 2. The van der Waals surface area contributed by atoms with Gasteiger partial charge in [0.15, 0.2) is 17.6 Å². The Bertz CT molecular complexity index is 871. The molecule has 162 valence electrons. The molecule has 1 amide bonds. The number of hydrogen-bond acceptors (Lipinski definition) is 5. The fraction of sp³-hybridized carbons (Fsp3) is 0.417. The van der Waals surface area contributed by atoms with Crippen molar-refractivity contribution < 1.29 is 23.8 Å². The van der Waals surface area contributed by atoms with Gasteiger partial charge in [0.2, 0.25) is 0 Å². The van der Waals surface area contributed by atoms with Crippen molar-refractivity contribution in [3.8, 4) is 11.5 Å². The van der Waals surface area contributed by atoms with E-state index in [-0.39, 0.29) is 5.91 Å². The van der Waals surface area contributed by atoms with Gasteiger partial charge in [0, 0.05) is 5.69 Å². The molecule has 0 saturated carbocycles. The van der Waals surface area contributed by atoms with Gasteiger partial charge in [-0.15, -0.1) is 0 Å². The molecule has 0 fully saturated rings. The monoisotopic (exact) mass is 413 g/mol. The van der Waals surface area contributed by atoms with Gasteiger partial charge in [-0.05, 0) is 62.9 Å². The maximum atomic E-state index is 12.6. The first-order valence-corrected chi connectivity index (χ1v) is 10.2. The van der Waals surface area contributed by atoms with Crippen molar-refractivity contribution in [3.63, 3.8) is 0 Å². The Morgan fingerprint density at radius 2 is 1.63 bits per heavy atom. The minimum Gasteiger partial charge on any atom is -0.490 e. The quantitative estimate of drug-likeness (QED) is 0.591. The summed E-state index contributed by atoms with van der Waals surface area (Å²) < 4.78 is 16.7. The number of esters is 1. The van der Waals surface area contributed by atoms with Crippen molar-refractivity contribution in [1.82, 2.24) is 0 Å². The Balaban J connectivity index is 2.08. The predicted octanol–water partition coefficient (Wildman–Crippen LogP) is 4.92. The molecule has 0 aliphatic carbocycles. The molecule has 2 rings (SSSR count). The summed E-state index contributed by atoms with van der Waals surface area (Å²) in [6.45, 7) is 12.3. The van der Waals surface area contributed by atoms with Crippen molar-refractivity contribution in [3.05, 3.63) is 53.1 Å². The Labute approximate surface area is 178 Å². The van der Waals surface area contributed by atoms with Crippen LogP contribution in [0.15, 0.2) is 36.4 Å². The number of hydrogen-bond donors (Lipinski definition) is 1. The Morgan fingerprint density at radius 3 is 2.23 bits per heavy atom. The number of rotatable bonds is 9. The molecule has 0 unspecified atom stereocenters. The lowest BCUT2D eigenvalue weighted by molar-refractivity contribution is -0.123. The number of nitrogens with one attached hydrogen (secondary N) is 1. The van der Waals surface area contributed by atoms with E-state index in [2.05, 4.69) is 19.2 Å². The van der Waals surface area contributed by atoms with Crippen LogP contribution in [-0.4, -0.2) is 31.2 Å². The minimum absolute atomic E-state index is 0.294. The second-order valence-corrected chi connectivity index (χ2v) is 7.60. The average Bonchev–Trinajstić information content (AvgIpc) is 2.69. The largest absolute Gasteiger partial charge is 0.490 e. The molecule has 0 saturated heterocycles. The van der Waals surface area contributed by atoms with Crippen LogP contribution in [-0.2, 0) is 9.53 Å². The highest BCUT2D eigenvalue weighted by Crippen LogP contribution is 2.29. The average molecular weight is 414 g/mol. The second kappa shape index (κ2) is 10.7. The third-order valence-electron chi connectivity index (χ3n) is 4.43. The molecule has 0 spiro atoms. The zero-order valence-corrected chi connectivity index (χ0v) is 18.6. The van der Waals surface area contributed by atoms with Gasteiger partial charge < -0.3 is 19.5 Å². The maximum Gasteiger partial charge on any atom is 0.339 e. The molecule has 6 heteroatoms. The van der Waals surface area contributed by atoms with Crippen LogP contribution in [0.1, 0.15) is 49.2 Å². The van der Waals surface area contributed by atoms with Gasteiger partial charge >= 0.3 is 5.97 Å². The zero-order valence-electron chi connectivity index (χ0n) is 18.6. The van der Waals surface area contributed by atoms with Gasteiger partial charge in [-0.3, -0.25) is 4.79 Å². The van der Waals surface area contributed by atoms with E-state index < -0.39 is 12.1 Å². The molecule has 6 nitrogen and oxygen atoms in total. The predicted molar refractivity (Wildman–Crippen MR) is 117 cm³/mol. The van der Waals surface area contributed by atoms with E-state index >= 15 is 0 Å². The summed E-state index contributed by atoms with van der Waals surface area (Å²) in [6, 6.07) is 10.6. The van der Waals surface area contributed by atoms with E-state index in [0.717, 1.165) is 16.8 Å². The normalized spacial score (nSPS) is 11.7. The number of para-hydroxylation sites is 1. The van der Waals surface area contributed by atoms with Crippen LogP contribution in [0, 0.1) is 19.8 Å². The highest BCUT2D eigenvalue weighted by Gasteiger charge is 2.21. The molecule has 0 bridgehead atoms. The molecule has 2 aromatic carbocycles. The summed E-state index contributed by atoms with van der Waals surface area (Å²) in [5.74, 6) is 0.418. The fourth-order valence-electron chi connectivity index (χ4n) is 2.80. The van der Waals surface area contributed by atoms with Gasteiger partial charge in [0.1, 0.15) is 0 Å². The summed E-state index contributed by atoms with van der Waals surface area (Å²) in [7, 11) is 0. The lowest BCUT2D eigenvalue weighted by Gasteiger charge is -2.17. The lowest BCUT2D eigenvalue weighted by Crippen LogP contribution is -2.30. The van der Waals surface area contributed by atoms with Crippen molar-refractivity contribution in [2.45, 2.75) is 47.6 Å². The fourth-order valence-corrected chi connectivity index (χ4v) is 2.80. The van der Waals surface area contributed by atoms with Crippen LogP contribution < -0.4 is 14.8 Å². The summed E-state index contributed by atoms with van der Waals surface area (Å²) in [5.41, 5.74) is 2.91. The number of carbonyl (C=O) groups is 2. The molecule has 0 radical (unpaired) electrons. The Hall–Kier alpha value is -3.02. The highest BCUT2D eigenvalue weighted by molar-refractivity contribution is 5.98. The highest BCUT2D eigenvalue weighted by atomic mass is 16.5. The second-order valence-electron chi connectivity index (χ2n) is 7.60. The molecule has 1 atom stereocenters. The molecular weight excluding hydrogens is 382 g/mol. The molecule has 1 N–H and O–H groups in total. The van der Waals surface area contributed by atoms with Gasteiger partial charge in [0.05, 0.1) is 18.8 Å². The first kappa shape index (κ1) is 23.3. The molecule has 30 heavy (non-hydrogen) atoms. The SMILES string of the molecule is CCOc1cc(C(=O)O[C@H](C)C(=O)Nc2c(C)cccc2C)ccc1OCC(C)C. The van der Waals surface area contributed by atoms with E-state index in [1.54, 1.807) is 25.1 Å². The van der Waals surface area contributed by atoms with E-state index in [1.165, 1.54) is 0 Å². The molecule has 0 aliphatic rings. The van der Waals surface area contributed by atoms with Crippen molar-refractivity contribution >= 4 is 17.6 Å². The number of ether oxygens (including phenoxy) is 3. The number of amides is 1. The van der Waals surface area contributed by atoms with Crippen molar-refractivity contribution in [2.75, 3.05) is 18.5 Å². The van der Waals surface area contributed by atoms with Gasteiger partial charge in [-0.2, -0.15) is 0 Å². The summed E-state index contributed by atoms with van der Waals surface area (Å²) in [6.07, 6.45) is -0.955. The summed E-state index contributed by atoms with van der Waals surface area (Å²) in [5, 5.41) is 2.84. The van der Waals surface area contributed by atoms with Crippen LogP contribution in [0.4, 0.5) is 5.69 Å². The standard InChI is InChI=1S/C24H31NO5/c1-7-28-21-13-19(11-12-20(21)29-14-15(2)3)24(27)30-18(6)23(26)25-22-16(4)9-8-10-17(22)5/h8-13,15,18H,7,14H2,1-6H3,(H,25,26)/t18-/m1/s1. The number of aryl methyl sites for hydroxylation is 2. The van der Waals surface area contributed by atoms with Crippen molar-refractivity contribution in [2.24, 2.45) is 5.92 Å². The lowest BCUT2D eigenvalue weighted by atomic mass is 10.1. The van der Waals surface area contributed by atoms with Crippen molar-refractivity contribution in [1.29, 1.82) is 0 Å². The van der Waals surface area contributed by atoms with Crippen LogP contribution in [0.2, 0.25) is 0 Å². The zero-order chi connectivity index (χ0) is 22.3. The topological polar surface area (TPSA) is 73.9 Å². The third-order valence-corrected chi connectivity index (χ3v) is 4.43. The first-order chi connectivity index (χ1) is 14.2. The number of anilines is 1. The van der Waals surface area contributed by atoms with E-state index in [4.69, 9.17) is 14.2 Å². The molecule has 0 aromatic heterocycles. The smallest absolute Gasteiger partial charge is 0.339 e. The molecule has 0 aliphatic heterocycles. The van der Waals surface area contributed by atoms with E-state index in [0.29, 0.717) is 36.2 Å². The Morgan fingerprint density at radius 1 is 0.967 bits per heavy atom. The molecule has 0 heterocycles. The minimum atomic E-state index is -0.955. The Kier molecular flexibility index (Phi) is 8.27. The van der Waals surface area contributed by atoms with Gasteiger partial charge in [-0.1, -0.05) is 32.0 Å². The van der Waals surface area contributed by atoms with Crippen LogP contribution >= 0.6 is 0 Å². The molecular formula is C24H31NO5. The van der Waals surface area contributed by atoms with Gasteiger partial charge in [-0.25, -0.2) is 4.79 Å². The third kappa shape index (κ3) is 6.24. The van der Waals surface area contributed by atoms with Crippen LogP contribution in [0.25, 0.3) is 0 Å². The molecule has 2 aromatic rings.